The van der Waals surface area contributed by atoms with E-state index in [0.29, 0.717) is 13.0 Å². The molecule has 5 heteroatoms. The van der Waals surface area contributed by atoms with Crippen molar-refractivity contribution in [3.63, 3.8) is 0 Å². The number of thioether (sulfide) groups is 1. The Labute approximate surface area is 274 Å². The highest BCUT2D eigenvalue weighted by molar-refractivity contribution is 8.03. The van der Waals surface area contributed by atoms with Gasteiger partial charge >= 0.3 is 0 Å². The van der Waals surface area contributed by atoms with Crippen molar-refractivity contribution in [1.29, 1.82) is 0 Å². The summed E-state index contributed by atoms with van der Waals surface area (Å²) in [5.74, 6) is 2.12. The summed E-state index contributed by atoms with van der Waals surface area (Å²) in [4.78, 5) is 18.7. The predicted molar refractivity (Wildman–Crippen MR) is 191 cm³/mol. The summed E-state index contributed by atoms with van der Waals surface area (Å²) in [5, 5.41) is 0. The number of carbonyl (C=O) groups is 1. The summed E-state index contributed by atoms with van der Waals surface area (Å²) >= 11 is 1.88. The van der Waals surface area contributed by atoms with Crippen molar-refractivity contribution in [3.8, 4) is 5.75 Å². The minimum Gasteiger partial charge on any atom is -0.493 e. The van der Waals surface area contributed by atoms with Crippen LogP contribution in [-0.4, -0.2) is 23.3 Å². The van der Waals surface area contributed by atoms with Gasteiger partial charge in [0.2, 0.25) is 5.91 Å². The number of hydrogen-bond donors (Lipinski definition) is 0. The summed E-state index contributed by atoms with van der Waals surface area (Å²) in [6.07, 6.45) is 18.9. The first-order valence-electron chi connectivity index (χ1n) is 17.4. The zero-order chi connectivity index (χ0) is 31.8. The Balaban J connectivity index is 1.51. The predicted octanol–water partition coefficient (Wildman–Crippen LogP) is 11.4. The normalized spacial score (nSPS) is 13.3. The minimum absolute atomic E-state index is 0.0518. The fourth-order valence-corrected chi connectivity index (χ4v) is 6.59. The zero-order valence-corrected chi connectivity index (χ0v) is 29.6. The number of anilines is 1. The molecule has 0 N–H and O–H groups in total. The van der Waals surface area contributed by atoms with Gasteiger partial charge in [0, 0.05) is 24.9 Å². The first kappa shape index (κ1) is 36.1. The van der Waals surface area contributed by atoms with E-state index in [1.54, 1.807) is 0 Å². The van der Waals surface area contributed by atoms with Crippen LogP contribution in [-0.2, 0) is 23.3 Å². The number of nitrogens with zero attached hydrogens (tertiary/aromatic N) is 2. The molecule has 0 saturated heterocycles. The van der Waals surface area contributed by atoms with Gasteiger partial charge in [0.25, 0.3) is 0 Å². The summed E-state index contributed by atoms with van der Waals surface area (Å²) in [6.45, 7) is 15.3. The molecule has 0 spiro atoms. The van der Waals surface area contributed by atoms with Crippen molar-refractivity contribution >= 4 is 23.4 Å². The van der Waals surface area contributed by atoms with Gasteiger partial charge in [-0.1, -0.05) is 123 Å². The van der Waals surface area contributed by atoms with Gasteiger partial charge in [-0.3, -0.25) is 4.79 Å². The van der Waals surface area contributed by atoms with Crippen LogP contribution in [0.4, 0.5) is 5.69 Å². The number of unbranched alkanes of at least 4 members (excludes halogenated alkanes) is 11. The molecule has 1 aliphatic heterocycles. The Hall–Kier alpha value is -2.40. The monoisotopic (exact) mass is 620 g/mol. The highest BCUT2D eigenvalue weighted by Gasteiger charge is 2.22. The summed E-state index contributed by atoms with van der Waals surface area (Å²) < 4.78 is 6.35. The maximum Gasteiger partial charge on any atom is 0.227 e. The zero-order valence-electron chi connectivity index (χ0n) is 28.8. The third-order valence-corrected chi connectivity index (χ3v) is 9.53. The summed E-state index contributed by atoms with van der Waals surface area (Å²) in [5.41, 5.74) is 4.50. The molecule has 44 heavy (non-hydrogen) atoms. The molecule has 2 aromatic rings. The molecule has 2 aromatic carbocycles. The van der Waals surface area contributed by atoms with E-state index < -0.39 is 0 Å². The van der Waals surface area contributed by atoms with Crippen molar-refractivity contribution < 1.29 is 9.53 Å². The molecule has 3 rings (SSSR count). The van der Waals surface area contributed by atoms with Crippen LogP contribution >= 0.6 is 11.8 Å². The molecule has 0 unspecified atom stereocenters. The van der Waals surface area contributed by atoms with Crippen LogP contribution in [0.1, 0.15) is 142 Å². The minimum atomic E-state index is -0.0518. The summed E-state index contributed by atoms with van der Waals surface area (Å²) in [6, 6.07) is 15.0. The molecule has 0 aromatic heterocycles. The smallest absolute Gasteiger partial charge is 0.227 e. The molecule has 0 fully saturated rings. The molecule has 0 atom stereocenters. The second kappa shape index (κ2) is 19.2. The van der Waals surface area contributed by atoms with Crippen LogP contribution in [0.15, 0.2) is 53.6 Å². The molecule has 1 amide bonds. The van der Waals surface area contributed by atoms with Gasteiger partial charge < -0.3 is 14.5 Å². The second-order valence-electron chi connectivity index (χ2n) is 13.6. The third kappa shape index (κ3) is 12.5. The number of amides is 1. The van der Waals surface area contributed by atoms with E-state index in [0.717, 1.165) is 42.4 Å². The first-order valence-corrected chi connectivity index (χ1v) is 18.4. The van der Waals surface area contributed by atoms with E-state index in [-0.39, 0.29) is 11.3 Å². The largest absolute Gasteiger partial charge is 0.493 e. The van der Waals surface area contributed by atoms with Crippen LogP contribution in [0.25, 0.3) is 0 Å². The molecule has 1 aliphatic rings. The second-order valence-corrected chi connectivity index (χ2v) is 14.8. The lowest BCUT2D eigenvalue weighted by molar-refractivity contribution is -0.118. The fourth-order valence-electron chi connectivity index (χ4n) is 5.83. The topological polar surface area (TPSA) is 32.8 Å². The van der Waals surface area contributed by atoms with Crippen LogP contribution in [0.5, 0.6) is 5.75 Å². The van der Waals surface area contributed by atoms with E-state index >= 15 is 0 Å². The molecule has 0 bridgehead atoms. The summed E-state index contributed by atoms with van der Waals surface area (Å²) in [7, 11) is 0. The standard InChI is InChI=1S/C39H60N2O2S/c1-7-9-10-11-12-13-14-15-16-17-18-19-26-43-37-25-22-34(27-36(37)39(4,5)6)30-41(38(42)8-2)35-23-20-33(21-24-35)29-40-28-32(3)44-31-40/h20-25,27-28H,7-19,26,29-31H2,1-6H3. The van der Waals surface area contributed by atoms with Crippen LogP contribution in [0.3, 0.4) is 0 Å². The number of benzene rings is 2. The number of allylic oxidation sites excluding steroid dienone is 1. The third-order valence-electron chi connectivity index (χ3n) is 8.51. The molecule has 4 nitrogen and oxygen atoms in total. The van der Waals surface area contributed by atoms with Gasteiger partial charge in [-0.15, -0.1) is 11.8 Å². The Morgan fingerprint density at radius 1 is 0.841 bits per heavy atom. The molecule has 0 aliphatic carbocycles. The quantitative estimate of drug-likeness (QED) is 0.138. The van der Waals surface area contributed by atoms with E-state index in [9.17, 15) is 4.79 Å². The average molecular weight is 621 g/mol. The van der Waals surface area contributed by atoms with Gasteiger partial charge in [0.1, 0.15) is 5.75 Å². The van der Waals surface area contributed by atoms with E-state index in [1.807, 2.05) is 23.6 Å². The Morgan fingerprint density at radius 2 is 1.43 bits per heavy atom. The fraction of sp³-hybridized carbons (Fsp3) is 0.615. The highest BCUT2D eigenvalue weighted by atomic mass is 32.2. The lowest BCUT2D eigenvalue weighted by Gasteiger charge is -2.27. The number of rotatable bonds is 20. The maximum atomic E-state index is 13.1. The van der Waals surface area contributed by atoms with Gasteiger partial charge in [-0.2, -0.15) is 0 Å². The number of ether oxygens (including phenoxy) is 1. The lowest BCUT2D eigenvalue weighted by atomic mass is 9.85. The molecule has 1 heterocycles. The SMILES string of the molecule is CCCCCCCCCCCCCCOc1ccc(CN(C(=O)CC)c2ccc(CN3C=C(C)SC3)cc2)cc1C(C)(C)C. The van der Waals surface area contributed by atoms with Gasteiger partial charge in [-0.25, -0.2) is 0 Å². The Kier molecular flexibility index (Phi) is 15.7. The van der Waals surface area contributed by atoms with Crippen molar-refractivity contribution in [1.82, 2.24) is 4.90 Å². The van der Waals surface area contributed by atoms with Gasteiger partial charge in [0.15, 0.2) is 0 Å². The maximum absolute atomic E-state index is 13.1. The molecule has 0 radical (unpaired) electrons. The van der Waals surface area contributed by atoms with Crippen molar-refractivity contribution in [2.45, 2.75) is 144 Å². The molecular formula is C39H60N2O2S. The van der Waals surface area contributed by atoms with Crippen LogP contribution < -0.4 is 9.64 Å². The van der Waals surface area contributed by atoms with Crippen LogP contribution in [0.2, 0.25) is 0 Å². The number of hydrogen-bond acceptors (Lipinski definition) is 4. The Morgan fingerprint density at radius 3 is 1.98 bits per heavy atom. The van der Waals surface area contributed by atoms with Crippen LogP contribution in [0, 0.1) is 0 Å². The Bertz CT molecular complexity index is 1150. The lowest BCUT2D eigenvalue weighted by Crippen LogP contribution is -2.30. The van der Waals surface area contributed by atoms with Crippen molar-refractivity contribution in [2.75, 3.05) is 17.4 Å². The van der Waals surface area contributed by atoms with E-state index in [2.05, 4.69) is 88.2 Å². The van der Waals surface area contributed by atoms with E-state index in [1.165, 1.54) is 86.7 Å². The molecular weight excluding hydrogens is 561 g/mol. The average Bonchev–Trinajstić information content (AvgIpc) is 3.42. The van der Waals surface area contributed by atoms with Gasteiger partial charge in [0.05, 0.1) is 19.0 Å². The van der Waals surface area contributed by atoms with E-state index in [4.69, 9.17) is 4.74 Å². The van der Waals surface area contributed by atoms with Crippen molar-refractivity contribution in [2.24, 2.45) is 0 Å². The number of carbonyl (C=O) groups excluding carboxylic acids is 1. The highest BCUT2D eigenvalue weighted by Crippen LogP contribution is 2.33. The van der Waals surface area contributed by atoms with Crippen molar-refractivity contribution in [3.05, 3.63) is 70.3 Å². The molecule has 244 valence electrons. The molecule has 0 saturated carbocycles. The first-order chi connectivity index (χ1) is 21.2. The van der Waals surface area contributed by atoms with Gasteiger partial charge in [-0.05, 0) is 64.6 Å².